The first-order valence-electron chi connectivity index (χ1n) is 8.53. The summed E-state index contributed by atoms with van der Waals surface area (Å²) in [4.78, 5) is 10.9. The van der Waals surface area contributed by atoms with Crippen LogP contribution in [0.25, 0.3) is 0 Å². The Labute approximate surface area is 147 Å². The third-order valence-corrected chi connectivity index (χ3v) is 4.57. The summed E-state index contributed by atoms with van der Waals surface area (Å²) in [5.74, 6) is 0. The van der Waals surface area contributed by atoms with Crippen molar-refractivity contribution < 1.29 is 9.15 Å². The zero-order valence-corrected chi connectivity index (χ0v) is 14.1. The van der Waals surface area contributed by atoms with Gasteiger partial charge in [-0.3, -0.25) is 14.9 Å². The zero-order chi connectivity index (χ0) is 16.9. The molecule has 0 spiro atoms. The molecule has 5 heteroatoms. The van der Waals surface area contributed by atoms with E-state index in [0.717, 1.165) is 31.6 Å². The lowest BCUT2D eigenvalue weighted by molar-refractivity contribution is 0.105. The number of ether oxygens (including phenoxy) is 1. The summed E-state index contributed by atoms with van der Waals surface area (Å²) in [7, 11) is 0. The molecule has 0 aromatic carbocycles. The minimum absolute atomic E-state index is 0.596. The summed E-state index contributed by atoms with van der Waals surface area (Å²) in [5, 5.41) is 0. The highest BCUT2D eigenvalue weighted by Gasteiger charge is 2.19. The van der Waals surface area contributed by atoms with E-state index in [1.54, 1.807) is 18.7 Å². The van der Waals surface area contributed by atoms with Crippen LogP contribution in [0.15, 0.2) is 59.9 Å². The molecule has 0 atom stereocenters. The number of nitrogens with zero attached hydrogens (tertiary/aromatic N) is 3. The summed E-state index contributed by atoms with van der Waals surface area (Å²) in [6.45, 7) is 4.07. The second-order valence-electron chi connectivity index (χ2n) is 6.38. The SMILES string of the molecule is c1cc(COCc2cncc3c2CCN(Cc2ccoc2)C3)ccn1. The van der Waals surface area contributed by atoms with Gasteiger partial charge in [0.25, 0.3) is 0 Å². The fourth-order valence-electron chi connectivity index (χ4n) is 3.28. The van der Waals surface area contributed by atoms with Gasteiger partial charge in [0.2, 0.25) is 0 Å². The Kier molecular flexibility index (Phi) is 4.86. The van der Waals surface area contributed by atoms with Crippen molar-refractivity contribution in [3.8, 4) is 0 Å². The van der Waals surface area contributed by atoms with Gasteiger partial charge in [0.15, 0.2) is 0 Å². The molecule has 0 amide bonds. The standard InChI is InChI=1S/C20H21N3O2/c1-5-21-6-2-16(1)13-25-15-19-10-22-9-18-12-23(7-3-20(18)19)11-17-4-8-24-14-17/h1-2,4-6,8-10,14H,3,7,11-13,15H2. The maximum Gasteiger partial charge on any atom is 0.0947 e. The van der Waals surface area contributed by atoms with Crippen LogP contribution in [-0.2, 0) is 37.5 Å². The summed E-state index contributed by atoms with van der Waals surface area (Å²) in [5.41, 5.74) is 6.26. The molecule has 0 aliphatic carbocycles. The summed E-state index contributed by atoms with van der Waals surface area (Å²) in [6.07, 6.45) is 12.1. The van der Waals surface area contributed by atoms with Crippen LogP contribution in [0, 0.1) is 0 Å². The molecule has 0 bridgehead atoms. The van der Waals surface area contributed by atoms with Gasteiger partial charge in [-0.1, -0.05) is 0 Å². The van der Waals surface area contributed by atoms with E-state index in [2.05, 4.69) is 14.9 Å². The third kappa shape index (κ3) is 3.95. The molecule has 25 heavy (non-hydrogen) atoms. The van der Waals surface area contributed by atoms with E-state index in [1.165, 1.54) is 22.3 Å². The quantitative estimate of drug-likeness (QED) is 0.691. The van der Waals surface area contributed by atoms with Gasteiger partial charge in [-0.05, 0) is 46.9 Å². The fourth-order valence-corrected chi connectivity index (χ4v) is 3.28. The molecule has 0 N–H and O–H groups in total. The molecule has 1 aliphatic rings. The van der Waals surface area contributed by atoms with Crippen molar-refractivity contribution in [3.05, 3.63) is 83.3 Å². The van der Waals surface area contributed by atoms with E-state index in [1.807, 2.05) is 36.9 Å². The lowest BCUT2D eigenvalue weighted by Gasteiger charge is -2.29. The van der Waals surface area contributed by atoms with Crippen molar-refractivity contribution >= 4 is 0 Å². The van der Waals surface area contributed by atoms with Gasteiger partial charge in [-0.25, -0.2) is 0 Å². The molecule has 3 aromatic rings. The number of aromatic nitrogens is 2. The van der Waals surface area contributed by atoms with Crippen molar-refractivity contribution in [1.82, 2.24) is 14.9 Å². The van der Waals surface area contributed by atoms with Crippen molar-refractivity contribution in [2.75, 3.05) is 6.54 Å². The van der Waals surface area contributed by atoms with E-state index in [4.69, 9.17) is 9.15 Å². The molecule has 4 heterocycles. The average Bonchev–Trinajstić information content (AvgIpc) is 3.16. The van der Waals surface area contributed by atoms with E-state index in [0.29, 0.717) is 13.2 Å². The largest absolute Gasteiger partial charge is 0.472 e. The Hall–Kier alpha value is -2.50. The Morgan fingerprint density at radius 1 is 1.04 bits per heavy atom. The predicted molar refractivity (Wildman–Crippen MR) is 93.5 cm³/mol. The average molecular weight is 335 g/mol. The molecule has 3 aromatic heterocycles. The third-order valence-electron chi connectivity index (χ3n) is 4.57. The Morgan fingerprint density at radius 3 is 2.80 bits per heavy atom. The number of furan rings is 1. The van der Waals surface area contributed by atoms with E-state index in [9.17, 15) is 0 Å². The van der Waals surface area contributed by atoms with Crippen molar-refractivity contribution in [1.29, 1.82) is 0 Å². The lowest BCUT2D eigenvalue weighted by Crippen LogP contribution is -2.30. The molecule has 1 aliphatic heterocycles. The number of rotatable bonds is 6. The van der Waals surface area contributed by atoms with Crippen LogP contribution >= 0.6 is 0 Å². The van der Waals surface area contributed by atoms with Crippen LogP contribution in [0.1, 0.15) is 27.8 Å². The van der Waals surface area contributed by atoms with Gasteiger partial charge in [0.1, 0.15) is 0 Å². The molecule has 5 nitrogen and oxygen atoms in total. The highest BCUT2D eigenvalue weighted by Crippen LogP contribution is 2.23. The monoisotopic (exact) mass is 335 g/mol. The van der Waals surface area contributed by atoms with E-state index >= 15 is 0 Å². The molecular weight excluding hydrogens is 314 g/mol. The topological polar surface area (TPSA) is 51.4 Å². The highest BCUT2D eigenvalue weighted by atomic mass is 16.5. The van der Waals surface area contributed by atoms with Crippen molar-refractivity contribution in [2.45, 2.75) is 32.7 Å². The van der Waals surface area contributed by atoms with Crippen LogP contribution in [0.4, 0.5) is 0 Å². The first-order valence-corrected chi connectivity index (χ1v) is 8.53. The molecule has 128 valence electrons. The number of fused-ring (bicyclic) bond motifs is 1. The van der Waals surface area contributed by atoms with Crippen LogP contribution in [0.3, 0.4) is 0 Å². The van der Waals surface area contributed by atoms with Gasteiger partial charge in [-0.2, -0.15) is 0 Å². The van der Waals surface area contributed by atoms with E-state index in [-0.39, 0.29) is 0 Å². The van der Waals surface area contributed by atoms with Gasteiger partial charge >= 0.3 is 0 Å². The maximum atomic E-state index is 5.89. The summed E-state index contributed by atoms with van der Waals surface area (Å²) >= 11 is 0. The normalized spacial score (nSPS) is 14.4. The minimum Gasteiger partial charge on any atom is -0.472 e. The number of hydrogen-bond donors (Lipinski definition) is 0. The van der Waals surface area contributed by atoms with Crippen molar-refractivity contribution in [2.24, 2.45) is 0 Å². The molecule has 4 rings (SSSR count). The predicted octanol–water partition coefficient (Wildman–Crippen LogP) is 3.34. The molecule has 0 saturated carbocycles. The first-order chi connectivity index (χ1) is 12.4. The van der Waals surface area contributed by atoms with Crippen LogP contribution in [0.2, 0.25) is 0 Å². The fraction of sp³-hybridized carbons (Fsp3) is 0.300. The minimum atomic E-state index is 0.596. The second-order valence-corrected chi connectivity index (χ2v) is 6.38. The Morgan fingerprint density at radius 2 is 1.96 bits per heavy atom. The maximum absolute atomic E-state index is 5.89. The highest BCUT2D eigenvalue weighted by molar-refractivity contribution is 5.33. The Balaban J connectivity index is 1.39. The van der Waals surface area contributed by atoms with E-state index < -0.39 is 0 Å². The Bertz CT molecular complexity index is 803. The van der Waals surface area contributed by atoms with Gasteiger partial charge in [0, 0.05) is 50.0 Å². The molecule has 0 fully saturated rings. The molecular formula is C20H21N3O2. The van der Waals surface area contributed by atoms with Gasteiger partial charge in [0.05, 0.1) is 25.7 Å². The van der Waals surface area contributed by atoms with Crippen LogP contribution in [0.5, 0.6) is 0 Å². The lowest BCUT2D eigenvalue weighted by atomic mass is 9.97. The van der Waals surface area contributed by atoms with Gasteiger partial charge < -0.3 is 9.15 Å². The molecule has 0 radical (unpaired) electrons. The van der Waals surface area contributed by atoms with Crippen LogP contribution in [-0.4, -0.2) is 21.4 Å². The van der Waals surface area contributed by atoms with Gasteiger partial charge in [-0.15, -0.1) is 0 Å². The number of hydrogen-bond acceptors (Lipinski definition) is 5. The summed E-state index contributed by atoms with van der Waals surface area (Å²) < 4.78 is 11.1. The van der Waals surface area contributed by atoms with Crippen molar-refractivity contribution in [3.63, 3.8) is 0 Å². The molecule has 0 unspecified atom stereocenters. The number of pyridine rings is 2. The molecule has 0 saturated heterocycles. The first kappa shape index (κ1) is 16.0. The second kappa shape index (κ2) is 7.59. The van der Waals surface area contributed by atoms with Crippen LogP contribution < -0.4 is 0 Å². The summed E-state index contributed by atoms with van der Waals surface area (Å²) in [6, 6.07) is 5.98. The zero-order valence-electron chi connectivity index (χ0n) is 14.1. The smallest absolute Gasteiger partial charge is 0.0947 e.